The first-order chi connectivity index (χ1) is 12.2. The fourth-order valence-electron chi connectivity index (χ4n) is 3.12. The normalized spacial score (nSPS) is 18.5. The minimum Gasteiger partial charge on any atom is -0.358 e. The predicted molar refractivity (Wildman–Crippen MR) is 89.6 cm³/mol. The number of hydrogen-bond acceptors (Lipinski definition) is 7. The molecule has 1 atom stereocenters. The van der Waals surface area contributed by atoms with E-state index >= 15 is 0 Å². The molecule has 0 aliphatic carbocycles. The molecular formula is C16H19N7O2. The van der Waals surface area contributed by atoms with E-state index in [1.54, 1.807) is 11.8 Å². The minimum atomic E-state index is -0.334. The smallest absolute Gasteiger partial charge is 0.246 e. The monoisotopic (exact) mass is 341 g/mol. The lowest BCUT2D eigenvalue weighted by molar-refractivity contribution is -0.132. The second-order valence-corrected chi connectivity index (χ2v) is 6.15. The van der Waals surface area contributed by atoms with Crippen molar-refractivity contribution in [2.75, 3.05) is 11.9 Å². The van der Waals surface area contributed by atoms with E-state index in [0.29, 0.717) is 30.6 Å². The lowest BCUT2D eigenvalue weighted by atomic mass is 10.1. The van der Waals surface area contributed by atoms with E-state index in [4.69, 9.17) is 4.52 Å². The summed E-state index contributed by atoms with van der Waals surface area (Å²) in [7, 11) is 0. The van der Waals surface area contributed by atoms with Crippen molar-refractivity contribution in [3.05, 3.63) is 30.3 Å². The van der Waals surface area contributed by atoms with Crippen molar-refractivity contribution in [1.29, 1.82) is 0 Å². The lowest BCUT2D eigenvalue weighted by Crippen LogP contribution is -2.41. The van der Waals surface area contributed by atoms with Crippen LogP contribution < -0.4 is 5.32 Å². The quantitative estimate of drug-likeness (QED) is 0.741. The van der Waals surface area contributed by atoms with Gasteiger partial charge in [-0.1, -0.05) is 5.16 Å². The third kappa shape index (κ3) is 3.17. The number of carbonyl (C=O) groups is 1. The molecule has 3 aromatic rings. The summed E-state index contributed by atoms with van der Waals surface area (Å²) in [5.74, 6) is 1.72. The van der Waals surface area contributed by atoms with Gasteiger partial charge in [0.05, 0.1) is 5.39 Å². The lowest BCUT2D eigenvalue weighted by Gasteiger charge is -2.23. The third-order valence-electron chi connectivity index (χ3n) is 4.34. The molecule has 9 heteroatoms. The van der Waals surface area contributed by atoms with Crippen LogP contribution in [-0.4, -0.2) is 48.5 Å². The number of fused-ring (bicyclic) bond motifs is 1. The first-order valence-electron chi connectivity index (χ1n) is 8.33. The van der Waals surface area contributed by atoms with Gasteiger partial charge in [-0.25, -0.2) is 9.97 Å². The number of likely N-dealkylation sites (tertiary alicyclic amines) is 1. The number of aromatic nitrogens is 5. The number of amides is 1. The molecule has 2 N–H and O–H groups in total. The summed E-state index contributed by atoms with van der Waals surface area (Å²) >= 11 is 0. The van der Waals surface area contributed by atoms with Crippen molar-refractivity contribution >= 4 is 22.8 Å². The Labute approximate surface area is 143 Å². The molecule has 4 heterocycles. The number of nitrogens with one attached hydrogen (secondary N) is 2. The summed E-state index contributed by atoms with van der Waals surface area (Å²) < 4.78 is 5.16. The number of carbonyl (C=O) groups excluding carboxylic acids is 1. The Morgan fingerprint density at radius 3 is 3.16 bits per heavy atom. The number of aromatic amines is 1. The number of nitrogens with zero attached hydrogens (tertiary/aromatic N) is 5. The number of hydrogen-bond donors (Lipinski definition) is 2. The molecule has 25 heavy (non-hydrogen) atoms. The standard InChI is InChI=1S/C16H19N7O2/c1-10-20-13(25-22-10)8-23-7-3-2-4-12(16(23)24)21-15-11-5-6-17-14(11)18-9-19-15/h5-6,9,12H,2-4,7-8H2,1H3,(H2,17,18,19,21). The largest absolute Gasteiger partial charge is 0.358 e. The van der Waals surface area contributed by atoms with Gasteiger partial charge < -0.3 is 19.7 Å². The van der Waals surface area contributed by atoms with Crippen molar-refractivity contribution in [3.8, 4) is 0 Å². The molecule has 0 spiro atoms. The van der Waals surface area contributed by atoms with Crippen molar-refractivity contribution in [2.24, 2.45) is 0 Å². The Balaban J connectivity index is 1.54. The van der Waals surface area contributed by atoms with Gasteiger partial charge in [0.25, 0.3) is 0 Å². The van der Waals surface area contributed by atoms with Crippen LogP contribution in [0, 0.1) is 6.92 Å². The molecular weight excluding hydrogens is 322 g/mol. The Bertz CT molecular complexity index is 887. The number of H-pyrrole nitrogens is 1. The molecule has 9 nitrogen and oxygen atoms in total. The molecule has 0 bridgehead atoms. The van der Waals surface area contributed by atoms with Gasteiger partial charge >= 0.3 is 0 Å². The molecule has 1 fully saturated rings. The molecule has 130 valence electrons. The molecule has 1 unspecified atom stereocenters. The number of aryl methyl sites for hydroxylation is 1. The fourth-order valence-corrected chi connectivity index (χ4v) is 3.12. The van der Waals surface area contributed by atoms with E-state index in [1.165, 1.54) is 6.33 Å². The summed E-state index contributed by atoms with van der Waals surface area (Å²) in [4.78, 5) is 30.4. The minimum absolute atomic E-state index is 0.0238. The highest BCUT2D eigenvalue weighted by Gasteiger charge is 2.28. The van der Waals surface area contributed by atoms with E-state index in [0.717, 1.165) is 30.3 Å². The van der Waals surface area contributed by atoms with Crippen LogP contribution in [0.2, 0.25) is 0 Å². The molecule has 1 saturated heterocycles. The average Bonchev–Trinajstić information content (AvgIpc) is 3.21. The van der Waals surface area contributed by atoms with Crippen molar-refractivity contribution in [3.63, 3.8) is 0 Å². The van der Waals surface area contributed by atoms with E-state index in [2.05, 4.69) is 30.4 Å². The highest BCUT2D eigenvalue weighted by molar-refractivity contribution is 5.90. The van der Waals surface area contributed by atoms with Crippen LogP contribution in [0.5, 0.6) is 0 Å². The second kappa shape index (κ2) is 6.50. The Morgan fingerprint density at radius 1 is 1.40 bits per heavy atom. The van der Waals surface area contributed by atoms with Gasteiger partial charge in [-0.15, -0.1) is 0 Å². The summed E-state index contributed by atoms with van der Waals surface area (Å²) in [6, 6.07) is 1.57. The molecule has 4 rings (SSSR count). The Morgan fingerprint density at radius 2 is 2.32 bits per heavy atom. The summed E-state index contributed by atoms with van der Waals surface area (Å²) in [5.41, 5.74) is 0.747. The van der Waals surface area contributed by atoms with Gasteiger partial charge in [0.15, 0.2) is 5.82 Å². The van der Waals surface area contributed by atoms with Crippen LogP contribution >= 0.6 is 0 Å². The van der Waals surface area contributed by atoms with Crippen LogP contribution in [0.1, 0.15) is 31.0 Å². The van der Waals surface area contributed by atoms with Gasteiger partial charge in [-0.2, -0.15) is 4.98 Å². The van der Waals surface area contributed by atoms with Crippen LogP contribution in [0.3, 0.4) is 0 Å². The summed E-state index contributed by atoms with van der Waals surface area (Å²) in [6.45, 7) is 2.78. The second-order valence-electron chi connectivity index (χ2n) is 6.15. The van der Waals surface area contributed by atoms with E-state index in [9.17, 15) is 4.79 Å². The highest BCUT2D eigenvalue weighted by atomic mass is 16.5. The Hall–Kier alpha value is -2.97. The van der Waals surface area contributed by atoms with Gasteiger partial charge in [0.1, 0.15) is 30.4 Å². The summed E-state index contributed by atoms with van der Waals surface area (Å²) in [6.07, 6.45) is 5.96. The molecule has 3 aromatic heterocycles. The molecule has 1 amide bonds. The predicted octanol–water partition coefficient (Wildman–Crippen LogP) is 1.64. The maximum absolute atomic E-state index is 13.0. The van der Waals surface area contributed by atoms with E-state index < -0.39 is 0 Å². The van der Waals surface area contributed by atoms with Gasteiger partial charge in [-0.05, 0) is 32.3 Å². The van der Waals surface area contributed by atoms with E-state index in [1.807, 2.05) is 12.3 Å². The molecule has 0 saturated carbocycles. The maximum atomic E-state index is 13.0. The van der Waals surface area contributed by atoms with Crippen LogP contribution in [0.25, 0.3) is 11.0 Å². The topological polar surface area (TPSA) is 113 Å². The maximum Gasteiger partial charge on any atom is 0.246 e. The van der Waals surface area contributed by atoms with Crippen molar-refractivity contribution in [2.45, 2.75) is 38.8 Å². The molecule has 0 radical (unpaired) electrons. The molecule has 0 aromatic carbocycles. The van der Waals surface area contributed by atoms with Gasteiger partial charge in [0, 0.05) is 12.7 Å². The third-order valence-corrected chi connectivity index (χ3v) is 4.34. The zero-order valence-electron chi connectivity index (χ0n) is 13.9. The highest BCUT2D eigenvalue weighted by Crippen LogP contribution is 2.22. The fraction of sp³-hybridized carbons (Fsp3) is 0.438. The first-order valence-corrected chi connectivity index (χ1v) is 8.33. The SMILES string of the molecule is Cc1noc(CN2CCCCC(Nc3ncnc4[nH]ccc34)C2=O)n1. The van der Waals surface area contributed by atoms with Crippen LogP contribution in [-0.2, 0) is 11.3 Å². The number of rotatable bonds is 4. The number of anilines is 1. The van der Waals surface area contributed by atoms with Crippen LogP contribution in [0.4, 0.5) is 5.82 Å². The zero-order chi connectivity index (χ0) is 17.2. The van der Waals surface area contributed by atoms with Crippen molar-refractivity contribution < 1.29 is 9.32 Å². The molecule has 1 aliphatic rings. The van der Waals surface area contributed by atoms with Crippen LogP contribution in [0.15, 0.2) is 23.1 Å². The zero-order valence-corrected chi connectivity index (χ0v) is 13.9. The molecule has 1 aliphatic heterocycles. The van der Waals surface area contributed by atoms with Gasteiger partial charge in [-0.3, -0.25) is 4.79 Å². The van der Waals surface area contributed by atoms with Crippen molar-refractivity contribution in [1.82, 2.24) is 30.0 Å². The van der Waals surface area contributed by atoms with Gasteiger partial charge in [0.2, 0.25) is 11.8 Å². The summed E-state index contributed by atoms with van der Waals surface area (Å²) in [5, 5.41) is 7.95. The Kier molecular flexibility index (Phi) is 4.04. The van der Waals surface area contributed by atoms with E-state index in [-0.39, 0.29) is 11.9 Å². The average molecular weight is 341 g/mol. The first kappa shape index (κ1) is 15.6.